The molecule has 0 aromatic carbocycles. The van der Waals surface area contributed by atoms with E-state index in [1.165, 1.54) is 0 Å². The molecule has 2 fully saturated rings. The molecule has 3 N–H and O–H groups in total. The van der Waals surface area contributed by atoms with Gasteiger partial charge in [0.25, 0.3) is 0 Å². The van der Waals surface area contributed by atoms with E-state index in [4.69, 9.17) is 10.5 Å². The number of nitrogens with one attached hydrogen (secondary N) is 1. The summed E-state index contributed by atoms with van der Waals surface area (Å²) in [5.74, 6) is -4.07. The monoisotopic (exact) mass is 290 g/mol. The molecule has 1 saturated carbocycles. The highest BCUT2D eigenvalue weighted by atomic mass is 19.3. The van der Waals surface area contributed by atoms with Crippen molar-refractivity contribution in [2.45, 2.75) is 50.0 Å². The Kier molecular flexibility index (Phi) is 4.27. The first-order valence-electron chi connectivity index (χ1n) is 6.92. The van der Waals surface area contributed by atoms with Crippen LogP contribution in [0.4, 0.5) is 8.78 Å². The van der Waals surface area contributed by atoms with Crippen LogP contribution in [0.3, 0.4) is 0 Å². The summed E-state index contributed by atoms with van der Waals surface area (Å²) in [5.41, 5.74) is 4.31. The number of primary amides is 1. The minimum absolute atomic E-state index is 0.143. The molecule has 20 heavy (non-hydrogen) atoms. The number of hydrogen-bond acceptors (Lipinski definition) is 3. The second-order valence-electron chi connectivity index (χ2n) is 5.68. The van der Waals surface area contributed by atoms with Crippen molar-refractivity contribution in [3.63, 3.8) is 0 Å². The average molecular weight is 290 g/mol. The first kappa shape index (κ1) is 15.2. The number of nitrogens with two attached hydrogens (primary N) is 1. The van der Waals surface area contributed by atoms with Gasteiger partial charge in [-0.25, -0.2) is 8.78 Å². The molecule has 1 heterocycles. The standard InChI is InChI=1S/C13H20F2N2O3/c14-13(15)3-1-9(2-4-13)10(18)17-12(11(16)19)5-7-20-8-6-12/h9H,1-8H2,(H2,16,19)(H,17,18). The number of hydrogen-bond donors (Lipinski definition) is 2. The Balaban J connectivity index is 1.97. The van der Waals surface area contributed by atoms with E-state index in [2.05, 4.69) is 5.32 Å². The summed E-state index contributed by atoms with van der Waals surface area (Å²) in [6, 6.07) is 0. The second kappa shape index (κ2) is 5.63. The largest absolute Gasteiger partial charge is 0.381 e. The Morgan fingerprint density at radius 1 is 1.10 bits per heavy atom. The molecule has 1 aliphatic heterocycles. The minimum atomic E-state index is -2.67. The van der Waals surface area contributed by atoms with Crippen LogP contribution in [-0.4, -0.2) is 36.5 Å². The summed E-state index contributed by atoms with van der Waals surface area (Å²) in [6.45, 7) is 0.706. The molecule has 0 bridgehead atoms. The molecule has 0 aromatic rings. The normalized spacial score (nSPS) is 25.9. The van der Waals surface area contributed by atoms with Crippen molar-refractivity contribution >= 4 is 11.8 Å². The van der Waals surface area contributed by atoms with Crippen LogP contribution in [0.5, 0.6) is 0 Å². The summed E-state index contributed by atoms with van der Waals surface area (Å²) < 4.78 is 31.3. The van der Waals surface area contributed by atoms with Crippen molar-refractivity contribution in [1.82, 2.24) is 5.32 Å². The van der Waals surface area contributed by atoms with Gasteiger partial charge in [0.2, 0.25) is 17.7 Å². The van der Waals surface area contributed by atoms with Gasteiger partial charge in [0, 0.05) is 44.8 Å². The van der Waals surface area contributed by atoms with E-state index < -0.39 is 23.3 Å². The molecule has 0 spiro atoms. The Morgan fingerprint density at radius 3 is 2.15 bits per heavy atom. The third kappa shape index (κ3) is 3.26. The van der Waals surface area contributed by atoms with Gasteiger partial charge in [0.1, 0.15) is 5.54 Å². The number of carbonyl (C=O) groups excluding carboxylic acids is 2. The van der Waals surface area contributed by atoms with Gasteiger partial charge in [-0.15, -0.1) is 0 Å². The predicted molar refractivity (Wildman–Crippen MR) is 67.0 cm³/mol. The summed E-state index contributed by atoms with van der Waals surface area (Å²) in [4.78, 5) is 23.8. The molecule has 2 rings (SSSR count). The van der Waals surface area contributed by atoms with E-state index >= 15 is 0 Å². The quantitative estimate of drug-likeness (QED) is 0.812. The van der Waals surface area contributed by atoms with Gasteiger partial charge in [0.05, 0.1) is 0 Å². The highest BCUT2D eigenvalue weighted by Crippen LogP contribution is 2.36. The molecule has 0 aromatic heterocycles. The van der Waals surface area contributed by atoms with Crippen molar-refractivity contribution in [1.29, 1.82) is 0 Å². The maximum Gasteiger partial charge on any atom is 0.248 e. The Labute approximate surface area is 116 Å². The van der Waals surface area contributed by atoms with Crippen LogP contribution in [0.1, 0.15) is 38.5 Å². The third-order valence-electron chi connectivity index (χ3n) is 4.27. The molecule has 2 amide bonds. The van der Waals surface area contributed by atoms with Crippen molar-refractivity contribution in [3.8, 4) is 0 Å². The van der Waals surface area contributed by atoms with Crippen molar-refractivity contribution in [2.24, 2.45) is 11.7 Å². The lowest BCUT2D eigenvalue weighted by Gasteiger charge is -2.37. The van der Waals surface area contributed by atoms with E-state index in [1.54, 1.807) is 0 Å². The first-order chi connectivity index (χ1) is 9.35. The van der Waals surface area contributed by atoms with Crippen molar-refractivity contribution in [3.05, 3.63) is 0 Å². The SMILES string of the molecule is NC(=O)C1(NC(=O)C2CCC(F)(F)CC2)CCOCC1. The van der Waals surface area contributed by atoms with Crippen LogP contribution >= 0.6 is 0 Å². The average Bonchev–Trinajstić information content (AvgIpc) is 2.39. The van der Waals surface area contributed by atoms with E-state index in [9.17, 15) is 18.4 Å². The molecular formula is C13H20F2N2O3. The van der Waals surface area contributed by atoms with E-state index in [-0.39, 0.29) is 31.6 Å². The Bertz CT molecular complexity index is 385. The first-order valence-corrected chi connectivity index (χ1v) is 6.92. The zero-order valence-corrected chi connectivity index (χ0v) is 11.3. The van der Waals surface area contributed by atoms with Gasteiger partial charge in [-0.2, -0.15) is 0 Å². The van der Waals surface area contributed by atoms with Crippen LogP contribution in [0.15, 0.2) is 0 Å². The molecule has 0 unspecified atom stereocenters. The zero-order valence-electron chi connectivity index (χ0n) is 11.3. The molecule has 1 aliphatic carbocycles. The fraction of sp³-hybridized carbons (Fsp3) is 0.846. The van der Waals surface area contributed by atoms with Gasteiger partial charge >= 0.3 is 0 Å². The maximum atomic E-state index is 13.1. The molecule has 0 atom stereocenters. The minimum Gasteiger partial charge on any atom is -0.381 e. The van der Waals surface area contributed by atoms with Gasteiger partial charge < -0.3 is 15.8 Å². The molecule has 5 nitrogen and oxygen atoms in total. The number of rotatable bonds is 3. The van der Waals surface area contributed by atoms with Gasteiger partial charge in [0.15, 0.2) is 0 Å². The molecule has 7 heteroatoms. The zero-order chi connectivity index (χ0) is 14.8. The topological polar surface area (TPSA) is 81.4 Å². The smallest absolute Gasteiger partial charge is 0.248 e. The third-order valence-corrected chi connectivity index (χ3v) is 4.27. The number of carbonyl (C=O) groups is 2. The van der Waals surface area contributed by atoms with Crippen LogP contribution in [0, 0.1) is 5.92 Å². The lowest BCUT2D eigenvalue weighted by molar-refractivity contribution is -0.139. The highest BCUT2D eigenvalue weighted by molar-refractivity contribution is 5.91. The summed E-state index contributed by atoms with van der Waals surface area (Å²) in [7, 11) is 0. The van der Waals surface area contributed by atoms with Crippen molar-refractivity contribution < 1.29 is 23.1 Å². The molecule has 0 radical (unpaired) electrons. The highest BCUT2D eigenvalue weighted by Gasteiger charge is 2.43. The predicted octanol–water partition coefficient (Wildman–Crippen LogP) is 0.963. The van der Waals surface area contributed by atoms with E-state index in [0.29, 0.717) is 26.1 Å². The van der Waals surface area contributed by atoms with Crippen LogP contribution in [-0.2, 0) is 14.3 Å². The van der Waals surface area contributed by atoms with Crippen LogP contribution in [0.2, 0.25) is 0 Å². The van der Waals surface area contributed by atoms with Gasteiger partial charge in [-0.05, 0) is 12.8 Å². The molecule has 2 aliphatic rings. The van der Waals surface area contributed by atoms with Crippen molar-refractivity contribution in [2.75, 3.05) is 13.2 Å². The number of halogens is 2. The number of ether oxygens (including phenoxy) is 1. The Morgan fingerprint density at radius 2 is 1.65 bits per heavy atom. The molecule has 114 valence electrons. The summed E-state index contributed by atoms with van der Waals surface area (Å²) in [6.07, 6.45) is 0.387. The molecular weight excluding hydrogens is 270 g/mol. The molecule has 1 saturated heterocycles. The van der Waals surface area contributed by atoms with Crippen LogP contribution < -0.4 is 11.1 Å². The fourth-order valence-electron chi connectivity index (χ4n) is 2.79. The number of amides is 2. The van der Waals surface area contributed by atoms with E-state index in [1.807, 2.05) is 0 Å². The van der Waals surface area contributed by atoms with Crippen LogP contribution in [0.25, 0.3) is 0 Å². The lowest BCUT2D eigenvalue weighted by atomic mass is 9.84. The number of alkyl halides is 2. The second-order valence-corrected chi connectivity index (χ2v) is 5.68. The van der Waals surface area contributed by atoms with Gasteiger partial charge in [-0.1, -0.05) is 0 Å². The van der Waals surface area contributed by atoms with E-state index in [0.717, 1.165) is 0 Å². The Hall–Kier alpha value is -1.24. The summed E-state index contributed by atoms with van der Waals surface area (Å²) >= 11 is 0. The van der Waals surface area contributed by atoms with Gasteiger partial charge in [-0.3, -0.25) is 9.59 Å². The summed E-state index contributed by atoms with van der Waals surface area (Å²) in [5, 5.41) is 2.69. The lowest BCUT2D eigenvalue weighted by Crippen LogP contribution is -2.61. The fourth-order valence-corrected chi connectivity index (χ4v) is 2.79. The maximum absolute atomic E-state index is 13.1.